The van der Waals surface area contributed by atoms with Crippen LogP contribution in [0, 0.1) is 76.9 Å². The molecule has 0 aromatic heterocycles. The Morgan fingerprint density at radius 3 is 1.40 bits per heavy atom. The van der Waals surface area contributed by atoms with E-state index in [9.17, 15) is 0 Å². The van der Waals surface area contributed by atoms with Gasteiger partial charge < -0.3 is 2.85 Å². The Balaban J connectivity index is -0.000000000500. The first-order valence-corrected chi connectivity index (χ1v) is 0.636. The van der Waals surface area contributed by atoms with Crippen LogP contribution in [-0.2, 0) is 19.8 Å². The van der Waals surface area contributed by atoms with E-state index in [0.29, 0.717) is 0 Å². The van der Waals surface area contributed by atoms with Gasteiger partial charge in [-0.2, -0.15) is 0 Å². The maximum atomic E-state index is 8.06. The average molecular weight is 393 g/mol. The van der Waals surface area contributed by atoms with E-state index in [-0.39, 0.29) is 117 Å². The molecular weight excluding hydrogens is 391 g/mol. The molecule has 0 amide bonds. The van der Waals surface area contributed by atoms with Gasteiger partial charge in [0.25, 0.3) is 0 Å². The molecule has 0 N–H and O–H groups in total. The summed E-state index contributed by atoms with van der Waals surface area (Å²) in [6, 6.07) is 0. The van der Waals surface area contributed by atoms with Gasteiger partial charge in [-0.05, 0) is 0 Å². The van der Waals surface area contributed by atoms with Crippen molar-refractivity contribution in [3.8, 4) is 0 Å². The molecule has 0 aromatic carbocycles. The third-order valence-corrected chi connectivity index (χ3v) is 0. The maximum Gasteiger partial charge on any atom is 0 e. The Morgan fingerprint density at radius 1 is 1.40 bits per heavy atom. The molecule has 0 fully saturated rings. The van der Waals surface area contributed by atoms with Gasteiger partial charge in [0, 0.05) is 76.9 Å². The van der Waals surface area contributed by atoms with E-state index in [1.54, 1.807) is 15.9 Å². The van der Waals surface area contributed by atoms with Crippen molar-refractivity contribution in [2.45, 2.75) is 0 Å². The Morgan fingerprint density at radius 2 is 1.40 bits per heavy atom. The number of rotatable bonds is 0. The van der Waals surface area contributed by atoms with Gasteiger partial charge in [-0.3, -0.25) is 0 Å². The van der Waals surface area contributed by atoms with Crippen molar-refractivity contribution in [3.05, 3.63) is 0 Å². The van der Waals surface area contributed by atoms with Crippen LogP contribution in [0.15, 0.2) is 0 Å². The van der Waals surface area contributed by atoms with Crippen LogP contribution in [0.25, 0.3) is 0 Å². The zero-order valence-electron chi connectivity index (χ0n) is 4.65. The second kappa shape index (κ2) is 24.2. The predicted molar refractivity (Wildman–Crippen MR) is 8.66 cm³/mol. The van der Waals surface area contributed by atoms with Crippen LogP contribution in [0.2, 0.25) is 0 Å². The minimum absolute atomic E-state index is 0. The van der Waals surface area contributed by atoms with Gasteiger partial charge in [-0.15, -0.1) is 0 Å². The first-order valence-electron chi connectivity index (χ1n) is 0.154. The Bertz CT molecular complexity index is 17.7. The minimum atomic E-state index is 0. The molecule has 0 heterocycles. The van der Waals surface area contributed by atoms with Crippen molar-refractivity contribution in [2.75, 3.05) is 0 Å². The van der Waals surface area contributed by atoms with Crippen molar-refractivity contribution in [1.29, 1.82) is 0 Å². The predicted octanol–water partition coefficient (Wildman–Crippen LogP) is -0.277. The summed E-state index contributed by atoms with van der Waals surface area (Å²) in [4.78, 5) is 0. The normalized spacial score (nSPS) is 0.800. The standard InChI is InChI=1S/Ca.La.Mn.O.Pr.2H/q+2;;;;;2*-1. The molecular formula is H2CaLaMnOPr. The van der Waals surface area contributed by atoms with Crippen LogP contribution in [0.1, 0.15) is 2.85 Å². The van der Waals surface area contributed by atoms with E-state index >= 15 is 0 Å². The van der Waals surface area contributed by atoms with Gasteiger partial charge in [0.2, 0.25) is 0 Å². The summed E-state index contributed by atoms with van der Waals surface area (Å²) < 4.78 is 8.06. The van der Waals surface area contributed by atoms with E-state index in [0.717, 1.165) is 0 Å². The second-order valence-electron chi connectivity index (χ2n) is 0. The summed E-state index contributed by atoms with van der Waals surface area (Å²) in [5, 5.41) is 0. The van der Waals surface area contributed by atoms with Gasteiger partial charge in [0.15, 0.2) is 0 Å². The smallest absolute Gasteiger partial charge is 0 e. The molecule has 23 valence electrons. The maximum absolute atomic E-state index is 8.06. The zero-order valence-corrected chi connectivity index (χ0v) is 13.4. The molecule has 0 aliphatic heterocycles. The molecule has 0 spiro atoms. The first kappa shape index (κ1) is 22.9. The largest absolute Gasteiger partial charge is 0 e. The Kier molecular flexibility index (Phi) is 111. The second-order valence-corrected chi connectivity index (χ2v) is 0. The summed E-state index contributed by atoms with van der Waals surface area (Å²) >= 11 is 1.69. The molecule has 1 nitrogen and oxygen atoms in total. The van der Waals surface area contributed by atoms with E-state index in [2.05, 4.69) is 0 Å². The van der Waals surface area contributed by atoms with Crippen molar-refractivity contribution < 1.29 is 99.5 Å². The average Bonchev–Trinajstić information content (AvgIpc) is 1.00. The molecule has 0 aliphatic rings. The van der Waals surface area contributed by atoms with E-state index in [1.165, 1.54) is 0 Å². The fourth-order valence-corrected chi connectivity index (χ4v) is 0. The van der Waals surface area contributed by atoms with Gasteiger partial charge in [0.1, 0.15) is 0 Å². The third-order valence-electron chi connectivity index (χ3n) is 0. The topological polar surface area (TPSA) is 17.1 Å². The SMILES string of the molecule is [Ca+2].[H-].[H-].[La].[O]=[Mn].[Pr]. The van der Waals surface area contributed by atoms with Crippen LogP contribution >= 0.6 is 0 Å². The monoisotopic (exact) mass is 393 g/mol. The van der Waals surface area contributed by atoms with Crippen molar-refractivity contribution in [2.24, 2.45) is 0 Å². The zero-order chi connectivity index (χ0) is 2.00. The molecule has 5 heavy (non-hydrogen) atoms. The molecule has 5 heteroatoms. The summed E-state index contributed by atoms with van der Waals surface area (Å²) in [5.41, 5.74) is 0. The number of hydrogen-bond donors (Lipinski definition) is 0. The molecule has 0 unspecified atom stereocenters. The molecule has 0 saturated heterocycles. The first-order chi connectivity index (χ1) is 1.00. The van der Waals surface area contributed by atoms with Gasteiger partial charge >= 0.3 is 57.5 Å². The fourth-order valence-electron chi connectivity index (χ4n) is 0. The van der Waals surface area contributed by atoms with Gasteiger partial charge in [-0.1, -0.05) is 0 Å². The van der Waals surface area contributed by atoms with Crippen molar-refractivity contribution in [1.82, 2.24) is 0 Å². The van der Waals surface area contributed by atoms with Crippen LogP contribution < -0.4 is 0 Å². The molecule has 0 saturated carbocycles. The molecule has 0 rings (SSSR count). The Labute approximate surface area is 133 Å². The van der Waals surface area contributed by atoms with Crippen LogP contribution in [0.4, 0.5) is 0 Å². The minimum Gasteiger partial charge on any atom is 0 e. The van der Waals surface area contributed by atoms with Crippen LogP contribution in [0.3, 0.4) is 0 Å². The molecule has 0 aromatic rings. The van der Waals surface area contributed by atoms with E-state index < -0.39 is 0 Å². The van der Waals surface area contributed by atoms with Gasteiger partial charge in [-0.25, -0.2) is 0 Å². The quantitative estimate of drug-likeness (QED) is 0.518. The van der Waals surface area contributed by atoms with E-state index in [4.69, 9.17) is 3.83 Å². The molecule has 0 aliphatic carbocycles. The molecule has 0 atom stereocenters. The van der Waals surface area contributed by atoms with Crippen molar-refractivity contribution >= 4 is 37.7 Å². The molecule has 0 bridgehead atoms. The summed E-state index contributed by atoms with van der Waals surface area (Å²) in [6.07, 6.45) is 0. The third kappa shape index (κ3) is 17.9. The summed E-state index contributed by atoms with van der Waals surface area (Å²) in [5.74, 6) is 0. The van der Waals surface area contributed by atoms with Crippen LogP contribution in [-0.4, -0.2) is 37.7 Å². The van der Waals surface area contributed by atoms with Crippen molar-refractivity contribution in [3.63, 3.8) is 0 Å². The fraction of sp³-hybridized carbons (Fsp3) is 0. The van der Waals surface area contributed by atoms with Crippen LogP contribution in [0.5, 0.6) is 0 Å². The summed E-state index contributed by atoms with van der Waals surface area (Å²) in [7, 11) is 0. The molecule has 2 radical (unpaired) electrons. The van der Waals surface area contributed by atoms with E-state index in [1.807, 2.05) is 0 Å². The van der Waals surface area contributed by atoms with Gasteiger partial charge in [0.05, 0.1) is 0 Å². The Hall–Kier alpha value is 4.14. The number of hydrogen-bond acceptors (Lipinski definition) is 1. The summed E-state index contributed by atoms with van der Waals surface area (Å²) in [6.45, 7) is 0.